The molecule has 0 aliphatic heterocycles. The second-order valence-corrected chi connectivity index (χ2v) is 5.60. The molecule has 0 aromatic heterocycles. The average molecular weight is 202 g/mol. The zero-order chi connectivity index (χ0) is 10.3. The molecule has 2 saturated carbocycles. The van der Waals surface area contributed by atoms with Crippen LogP contribution < -0.4 is 0 Å². The molecule has 0 amide bonds. The summed E-state index contributed by atoms with van der Waals surface area (Å²) in [5.74, 6) is 2.84. The normalized spacial score (nSPS) is 38.3. The Kier molecular flexibility index (Phi) is 2.46. The van der Waals surface area contributed by atoms with Crippen LogP contribution >= 0.6 is 0 Å². The lowest BCUT2D eigenvalue weighted by Crippen LogP contribution is -2.15. The van der Waals surface area contributed by atoms with Crippen molar-refractivity contribution < 1.29 is 0 Å². The first-order valence-corrected chi connectivity index (χ1v) is 6.80. The van der Waals surface area contributed by atoms with Gasteiger partial charge in [0, 0.05) is 0 Å². The van der Waals surface area contributed by atoms with Gasteiger partial charge in [-0.3, -0.25) is 0 Å². The van der Waals surface area contributed by atoms with Crippen LogP contribution in [-0.2, 0) is 0 Å². The first kappa shape index (κ1) is 9.69. The van der Waals surface area contributed by atoms with E-state index in [2.05, 4.69) is 19.1 Å². The van der Waals surface area contributed by atoms with Crippen LogP contribution in [0.3, 0.4) is 0 Å². The molecule has 0 saturated heterocycles. The third kappa shape index (κ3) is 1.58. The minimum absolute atomic E-state index is 0.915. The van der Waals surface area contributed by atoms with Gasteiger partial charge in [-0.15, -0.1) is 0 Å². The topological polar surface area (TPSA) is 0 Å². The number of allylic oxidation sites excluding steroid dienone is 4. The van der Waals surface area contributed by atoms with Crippen molar-refractivity contribution in [2.24, 2.45) is 17.8 Å². The molecular weight excluding hydrogens is 180 g/mol. The van der Waals surface area contributed by atoms with Crippen LogP contribution in [-0.4, -0.2) is 0 Å². The number of hydrogen-bond acceptors (Lipinski definition) is 0. The highest BCUT2D eigenvalue weighted by Crippen LogP contribution is 2.48. The largest absolute Gasteiger partial charge is 0.0773 e. The molecule has 0 spiro atoms. The molecular formula is C15H22. The Labute approximate surface area is 93.5 Å². The summed E-state index contributed by atoms with van der Waals surface area (Å²) in [5.41, 5.74) is 3.44. The van der Waals surface area contributed by atoms with Crippen LogP contribution in [0.15, 0.2) is 23.3 Å². The van der Waals surface area contributed by atoms with Crippen molar-refractivity contribution in [3.05, 3.63) is 23.3 Å². The average Bonchev–Trinajstić information content (AvgIpc) is 2.82. The summed E-state index contributed by atoms with van der Waals surface area (Å²) in [6.07, 6.45) is 15.2. The molecule has 0 aromatic carbocycles. The molecule has 15 heavy (non-hydrogen) atoms. The standard InChI is InChI=1S/C15H22/c1-2-4-11-7-8-14-9-12-5-3-6-13(12)10-15(11)14/h9-11,14-15H,2-8H2,1H3. The molecule has 3 atom stereocenters. The molecule has 3 aliphatic carbocycles. The Hall–Kier alpha value is -0.520. The minimum Gasteiger partial charge on any atom is -0.0773 e. The molecule has 0 bridgehead atoms. The van der Waals surface area contributed by atoms with Crippen LogP contribution in [0.2, 0.25) is 0 Å². The first-order chi connectivity index (χ1) is 7.38. The lowest BCUT2D eigenvalue weighted by atomic mass is 9.80. The van der Waals surface area contributed by atoms with Crippen molar-refractivity contribution in [3.8, 4) is 0 Å². The highest BCUT2D eigenvalue weighted by molar-refractivity contribution is 5.40. The van der Waals surface area contributed by atoms with Gasteiger partial charge in [0.15, 0.2) is 0 Å². The zero-order valence-corrected chi connectivity index (χ0v) is 9.84. The Bertz CT molecular complexity index is 308. The molecule has 3 rings (SSSR count). The second kappa shape index (κ2) is 3.81. The molecule has 0 heterocycles. The summed E-state index contributed by atoms with van der Waals surface area (Å²) in [7, 11) is 0. The number of rotatable bonds is 2. The van der Waals surface area contributed by atoms with Gasteiger partial charge in [-0.05, 0) is 61.0 Å². The van der Waals surface area contributed by atoms with Crippen LogP contribution in [0.25, 0.3) is 0 Å². The molecule has 0 nitrogen and oxygen atoms in total. The molecule has 3 unspecified atom stereocenters. The van der Waals surface area contributed by atoms with E-state index in [0.717, 1.165) is 17.8 Å². The summed E-state index contributed by atoms with van der Waals surface area (Å²) in [5, 5.41) is 0. The molecule has 0 N–H and O–H groups in total. The van der Waals surface area contributed by atoms with Gasteiger partial charge < -0.3 is 0 Å². The van der Waals surface area contributed by atoms with Crippen molar-refractivity contribution in [2.75, 3.05) is 0 Å². The van der Waals surface area contributed by atoms with Crippen LogP contribution in [0.5, 0.6) is 0 Å². The smallest absolute Gasteiger partial charge is 0.0136 e. The predicted molar refractivity (Wildman–Crippen MR) is 64.6 cm³/mol. The van der Waals surface area contributed by atoms with Crippen molar-refractivity contribution in [2.45, 2.75) is 51.9 Å². The predicted octanol–water partition coefficient (Wildman–Crippen LogP) is 4.48. The third-order valence-electron chi connectivity index (χ3n) is 4.68. The Morgan fingerprint density at radius 1 is 1.13 bits per heavy atom. The third-order valence-corrected chi connectivity index (χ3v) is 4.68. The summed E-state index contributed by atoms with van der Waals surface area (Å²) >= 11 is 0. The van der Waals surface area contributed by atoms with Crippen molar-refractivity contribution >= 4 is 0 Å². The monoisotopic (exact) mass is 202 g/mol. The second-order valence-electron chi connectivity index (χ2n) is 5.60. The Morgan fingerprint density at radius 2 is 1.93 bits per heavy atom. The molecule has 0 radical (unpaired) electrons. The summed E-state index contributed by atoms with van der Waals surface area (Å²) < 4.78 is 0. The SMILES string of the molecule is CCCC1CCC2C=C3CCCC3=CC21. The highest BCUT2D eigenvalue weighted by atomic mass is 14.4. The van der Waals surface area contributed by atoms with E-state index in [1.165, 1.54) is 44.9 Å². The van der Waals surface area contributed by atoms with Crippen LogP contribution in [0.4, 0.5) is 0 Å². The summed E-state index contributed by atoms with van der Waals surface area (Å²) in [4.78, 5) is 0. The number of fused-ring (bicyclic) bond motifs is 2. The first-order valence-electron chi connectivity index (χ1n) is 6.80. The van der Waals surface area contributed by atoms with Gasteiger partial charge in [-0.25, -0.2) is 0 Å². The van der Waals surface area contributed by atoms with E-state index >= 15 is 0 Å². The van der Waals surface area contributed by atoms with Gasteiger partial charge >= 0.3 is 0 Å². The Balaban J connectivity index is 1.83. The van der Waals surface area contributed by atoms with Crippen molar-refractivity contribution in [3.63, 3.8) is 0 Å². The number of hydrogen-bond donors (Lipinski definition) is 0. The summed E-state index contributed by atoms with van der Waals surface area (Å²) in [6.45, 7) is 2.33. The lowest BCUT2D eigenvalue weighted by Gasteiger charge is -2.25. The van der Waals surface area contributed by atoms with Gasteiger partial charge in [-0.1, -0.05) is 31.9 Å². The lowest BCUT2D eigenvalue weighted by molar-refractivity contribution is 0.387. The maximum atomic E-state index is 2.67. The van der Waals surface area contributed by atoms with Crippen LogP contribution in [0.1, 0.15) is 51.9 Å². The van der Waals surface area contributed by atoms with Crippen molar-refractivity contribution in [1.29, 1.82) is 0 Å². The van der Waals surface area contributed by atoms with Gasteiger partial charge in [-0.2, -0.15) is 0 Å². The van der Waals surface area contributed by atoms with Gasteiger partial charge in [0.25, 0.3) is 0 Å². The Morgan fingerprint density at radius 3 is 2.73 bits per heavy atom. The molecule has 2 fully saturated rings. The highest BCUT2D eigenvalue weighted by Gasteiger charge is 2.36. The van der Waals surface area contributed by atoms with Gasteiger partial charge in [0.2, 0.25) is 0 Å². The molecule has 82 valence electrons. The maximum absolute atomic E-state index is 2.67. The quantitative estimate of drug-likeness (QED) is 0.619. The van der Waals surface area contributed by atoms with E-state index < -0.39 is 0 Å². The van der Waals surface area contributed by atoms with Crippen LogP contribution in [0, 0.1) is 17.8 Å². The van der Waals surface area contributed by atoms with E-state index in [4.69, 9.17) is 0 Å². The fourth-order valence-electron chi connectivity index (χ4n) is 3.96. The zero-order valence-electron chi connectivity index (χ0n) is 9.84. The van der Waals surface area contributed by atoms with Gasteiger partial charge in [0.05, 0.1) is 0 Å². The van der Waals surface area contributed by atoms with E-state index in [1.807, 2.05) is 0 Å². The van der Waals surface area contributed by atoms with Crippen molar-refractivity contribution in [1.82, 2.24) is 0 Å². The van der Waals surface area contributed by atoms with E-state index in [1.54, 1.807) is 11.1 Å². The van der Waals surface area contributed by atoms with E-state index in [9.17, 15) is 0 Å². The van der Waals surface area contributed by atoms with E-state index in [-0.39, 0.29) is 0 Å². The summed E-state index contributed by atoms with van der Waals surface area (Å²) in [6, 6.07) is 0. The minimum atomic E-state index is 0.915. The molecule has 3 aliphatic rings. The fourth-order valence-corrected chi connectivity index (χ4v) is 3.96. The maximum Gasteiger partial charge on any atom is -0.0136 e. The van der Waals surface area contributed by atoms with E-state index in [0.29, 0.717) is 0 Å². The fraction of sp³-hybridized carbons (Fsp3) is 0.733. The van der Waals surface area contributed by atoms with Gasteiger partial charge in [0.1, 0.15) is 0 Å². The molecule has 0 heteroatoms. The molecule has 0 aromatic rings.